The molecule has 5 nitrogen and oxygen atoms in total. The molecule has 2 aromatic rings. The summed E-state index contributed by atoms with van der Waals surface area (Å²) in [4.78, 5) is 8.20. The predicted octanol–water partition coefficient (Wildman–Crippen LogP) is 3.35. The molecule has 0 spiro atoms. The van der Waals surface area contributed by atoms with Crippen LogP contribution in [0.5, 0.6) is 5.75 Å². The third-order valence-electron chi connectivity index (χ3n) is 2.68. The fraction of sp³-hybridized carbons (Fsp3) is 0.0667. The molecule has 4 N–H and O–H groups in total. The Morgan fingerprint density at radius 1 is 1.41 bits per heavy atom. The molecule has 1 aromatic heterocycles. The van der Waals surface area contributed by atoms with Crippen LogP contribution in [-0.4, -0.2) is 11.2 Å². The molecule has 0 unspecified atom stereocenters. The van der Waals surface area contributed by atoms with Gasteiger partial charge in [-0.25, -0.2) is 4.39 Å². The standard InChI is InChI=1S/C15H14ClFN4O/c1-9-12(16)6-10(8-21-9)20-5-4-15(19)22-11-2-3-14(18)13(17)7-11/h2-8H,18-19H2,1H3/b15-4+,20-5?. The lowest BCUT2D eigenvalue weighted by molar-refractivity contribution is 0.418. The fourth-order valence-corrected chi connectivity index (χ4v) is 1.67. The molecule has 0 saturated heterocycles. The van der Waals surface area contributed by atoms with Gasteiger partial charge in [0.15, 0.2) is 5.88 Å². The van der Waals surface area contributed by atoms with E-state index >= 15 is 0 Å². The van der Waals surface area contributed by atoms with Gasteiger partial charge < -0.3 is 16.2 Å². The van der Waals surface area contributed by atoms with Crippen molar-refractivity contribution < 1.29 is 9.13 Å². The molecule has 0 aliphatic carbocycles. The zero-order valence-corrected chi connectivity index (χ0v) is 12.5. The lowest BCUT2D eigenvalue weighted by Crippen LogP contribution is -2.06. The number of nitrogens with zero attached hydrogens (tertiary/aromatic N) is 2. The molecular formula is C15H14ClFN4O. The number of hydrogen-bond acceptors (Lipinski definition) is 5. The molecule has 0 fully saturated rings. The first-order valence-electron chi connectivity index (χ1n) is 6.30. The first kappa shape index (κ1) is 15.8. The Morgan fingerprint density at radius 3 is 2.86 bits per heavy atom. The minimum absolute atomic E-state index is 0.0419. The van der Waals surface area contributed by atoms with E-state index in [4.69, 9.17) is 27.8 Å². The highest BCUT2D eigenvalue weighted by atomic mass is 35.5. The molecule has 0 aliphatic heterocycles. The highest BCUT2D eigenvalue weighted by molar-refractivity contribution is 6.31. The van der Waals surface area contributed by atoms with E-state index in [1.54, 1.807) is 19.2 Å². The molecule has 0 amide bonds. The van der Waals surface area contributed by atoms with Crippen molar-refractivity contribution in [2.45, 2.75) is 6.92 Å². The highest BCUT2D eigenvalue weighted by Gasteiger charge is 2.02. The van der Waals surface area contributed by atoms with E-state index in [1.807, 2.05) is 0 Å². The number of benzene rings is 1. The number of pyridine rings is 1. The van der Waals surface area contributed by atoms with E-state index < -0.39 is 5.82 Å². The molecule has 114 valence electrons. The van der Waals surface area contributed by atoms with Gasteiger partial charge in [0, 0.05) is 18.4 Å². The summed E-state index contributed by atoms with van der Waals surface area (Å²) in [6.07, 6.45) is 4.45. The van der Waals surface area contributed by atoms with Crippen LogP contribution in [0.2, 0.25) is 5.02 Å². The van der Waals surface area contributed by atoms with Crippen molar-refractivity contribution in [1.29, 1.82) is 0 Å². The second-order valence-electron chi connectivity index (χ2n) is 4.39. The van der Waals surface area contributed by atoms with Crippen molar-refractivity contribution in [3.8, 4) is 5.75 Å². The van der Waals surface area contributed by atoms with Crippen LogP contribution in [-0.2, 0) is 0 Å². The number of allylic oxidation sites excluding steroid dienone is 1. The fourth-order valence-electron chi connectivity index (χ4n) is 1.51. The Balaban J connectivity index is 2.03. The summed E-state index contributed by atoms with van der Waals surface area (Å²) in [6, 6.07) is 5.74. The zero-order valence-electron chi connectivity index (χ0n) is 11.8. The summed E-state index contributed by atoms with van der Waals surface area (Å²) in [5, 5.41) is 0.528. The van der Waals surface area contributed by atoms with Crippen LogP contribution >= 0.6 is 11.6 Å². The topological polar surface area (TPSA) is 86.5 Å². The highest BCUT2D eigenvalue weighted by Crippen LogP contribution is 2.20. The van der Waals surface area contributed by atoms with Gasteiger partial charge >= 0.3 is 0 Å². The van der Waals surface area contributed by atoms with Crippen LogP contribution in [0.3, 0.4) is 0 Å². The monoisotopic (exact) mass is 320 g/mol. The summed E-state index contributed by atoms with van der Waals surface area (Å²) in [5.41, 5.74) is 12.4. The van der Waals surface area contributed by atoms with E-state index in [2.05, 4.69) is 9.98 Å². The molecule has 1 heterocycles. The van der Waals surface area contributed by atoms with E-state index in [1.165, 1.54) is 24.4 Å². The molecule has 0 aliphatic rings. The number of ether oxygens (including phenoxy) is 1. The Morgan fingerprint density at radius 2 is 2.18 bits per heavy atom. The number of rotatable bonds is 4. The SMILES string of the molecule is Cc1ncc(N=C/C=C(\N)Oc2ccc(N)c(F)c2)cc1Cl. The number of aromatic nitrogens is 1. The summed E-state index contributed by atoms with van der Waals surface area (Å²) in [7, 11) is 0. The largest absolute Gasteiger partial charge is 0.441 e. The first-order valence-corrected chi connectivity index (χ1v) is 6.68. The molecule has 2 rings (SSSR count). The second kappa shape index (κ2) is 6.91. The van der Waals surface area contributed by atoms with Crippen LogP contribution < -0.4 is 16.2 Å². The van der Waals surface area contributed by atoms with Crippen LogP contribution in [0.25, 0.3) is 0 Å². The first-order chi connectivity index (χ1) is 10.5. The Hall–Kier alpha value is -2.60. The number of anilines is 1. The predicted molar refractivity (Wildman–Crippen MR) is 85.8 cm³/mol. The third-order valence-corrected chi connectivity index (χ3v) is 3.06. The second-order valence-corrected chi connectivity index (χ2v) is 4.80. The number of nitrogens with two attached hydrogens (primary N) is 2. The van der Waals surface area contributed by atoms with Crippen LogP contribution in [0, 0.1) is 12.7 Å². The van der Waals surface area contributed by atoms with Gasteiger partial charge in [-0.3, -0.25) is 9.98 Å². The summed E-state index contributed by atoms with van der Waals surface area (Å²) < 4.78 is 18.5. The maximum absolute atomic E-state index is 13.3. The van der Waals surface area contributed by atoms with E-state index in [0.29, 0.717) is 10.7 Å². The van der Waals surface area contributed by atoms with E-state index in [-0.39, 0.29) is 17.3 Å². The quantitative estimate of drug-likeness (QED) is 0.514. The molecule has 1 aromatic carbocycles. The van der Waals surface area contributed by atoms with Crippen molar-refractivity contribution >= 4 is 29.2 Å². The van der Waals surface area contributed by atoms with Gasteiger partial charge in [0.05, 0.1) is 28.3 Å². The maximum Gasteiger partial charge on any atom is 0.192 e. The van der Waals surface area contributed by atoms with Gasteiger partial charge in [-0.15, -0.1) is 0 Å². The smallest absolute Gasteiger partial charge is 0.192 e. The van der Waals surface area contributed by atoms with Crippen LogP contribution in [0.1, 0.15) is 5.69 Å². The summed E-state index contributed by atoms with van der Waals surface area (Å²) >= 11 is 5.94. The average Bonchev–Trinajstić information content (AvgIpc) is 2.47. The minimum atomic E-state index is -0.570. The van der Waals surface area contributed by atoms with Crippen molar-refractivity contribution in [1.82, 2.24) is 4.98 Å². The molecule has 22 heavy (non-hydrogen) atoms. The maximum atomic E-state index is 13.3. The normalized spacial score (nSPS) is 11.9. The van der Waals surface area contributed by atoms with Gasteiger partial charge in [0.25, 0.3) is 0 Å². The van der Waals surface area contributed by atoms with Gasteiger partial charge in [-0.2, -0.15) is 0 Å². The van der Waals surface area contributed by atoms with Crippen LogP contribution in [0.15, 0.2) is 47.4 Å². The Kier molecular flexibility index (Phi) is 4.95. The Labute approximate surface area is 132 Å². The van der Waals surface area contributed by atoms with Crippen molar-refractivity contribution in [2.24, 2.45) is 10.7 Å². The molecule has 7 heteroatoms. The van der Waals surface area contributed by atoms with E-state index in [9.17, 15) is 4.39 Å². The van der Waals surface area contributed by atoms with Crippen molar-refractivity contribution in [2.75, 3.05) is 5.73 Å². The lowest BCUT2D eigenvalue weighted by Gasteiger charge is -2.05. The zero-order chi connectivity index (χ0) is 16.1. The average molecular weight is 321 g/mol. The number of aliphatic imine (C=N–C) groups is 1. The van der Waals surface area contributed by atoms with Gasteiger partial charge in [-0.1, -0.05) is 11.6 Å². The number of aryl methyl sites for hydroxylation is 1. The molecule has 0 atom stereocenters. The molecule has 0 saturated carbocycles. The van der Waals surface area contributed by atoms with Gasteiger partial charge in [0.2, 0.25) is 0 Å². The van der Waals surface area contributed by atoms with E-state index in [0.717, 1.165) is 11.8 Å². The molecular weight excluding hydrogens is 307 g/mol. The summed E-state index contributed by atoms with van der Waals surface area (Å²) in [5.74, 6) is -0.271. The number of nitrogen functional groups attached to an aromatic ring is 1. The third kappa shape index (κ3) is 4.20. The number of hydrogen-bond donors (Lipinski definition) is 2. The van der Waals surface area contributed by atoms with Gasteiger partial charge in [-0.05, 0) is 25.1 Å². The molecule has 0 radical (unpaired) electrons. The summed E-state index contributed by atoms with van der Waals surface area (Å²) in [6.45, 7) is 1.80. The lowest BCUT2D eigenvalue weighted by atomic mass is 10.3. The Bertz CT molecular complexity index is 746. The number of halogens is 2. The van der Waals surface area contributed by atoms with Crippen molar-refractivity contribution in [3.05, 3.63) is 59.0 Å². The van der Waals surface area contributed by atoms with Crippen LogP contribution in [0.4, 0.5) is 15.8 Å². The minimum Gasteiger partial charge on any atom is -0.441 e. The van der Waals surface area contributed by atoms with Gasteiger partial charge in [0.1, 0.15) is 11.6 Å². The molecule has 0 bridgehead atoms. The van der Waals surface area contributed by atoms with Crippen molar-refractivity contribution in [3.63, 3.8) is 0 Å².